The van der Waals surface area contributed by atoms with Crippen LogP contribution in [0.5, 0.6) is 5.75 Å². The van der Waals surface area contributed by atoms with E-state index < -0.39 is 0 Å². The van der Waals surface area contributed by atoms with Gasteiger partial charge in [-0.2, -0.15) is 0 Å². The third kappa shape index (κ3) is 3.40. The van der Waals surface area contributed by atoms with Gasteiger partial charge in [0.2, 0.25) is 0 Å². The number of carbonyl (C=O) groups is 1. The molecule has 1 amide bonds. The van der Waals surface area contributed by atoms with Gasteiger partial charge in [-0.15, -0.1) is 0 Å². The summed E-state index contributed by atoms with van der Waals surface area (Å²) < 4.78 is 0.864. The lowest BCUT2D eigenvalue weighted by atomic mass is 10.2. The first kappa shape index (κ1) is 14.9. The van der Waals surface area contributed by atoms with Crippen LogP contribution in [-0.4, -0.2) is 16.2 Å². The molecule has 0 atom stereocenters. The Morgan fingerprint density at radius 1 is 1.18 bits per heavy atom. The Hall–Kier alpha value is -2.05. The van der Waals surface area contributed by atoms with Gasteiger partial charge in [-0.3, -0.25) is 4.79 Å². The van der Waals surface area contributed by atoms with Gasteiger partial charge in [0.1, 0.15) is 5.75 Å². The minimum atomic E-state index is -0.195. The molecule has 0 saturated carbocycles. The number of amidine groups is 1. The first-order valence-corrected chi connectivity index (χ1v) is 8.06. The van der Waals surface area contributed by atoms with Gasteiger partial charge >= 0.3 is 0 Å². The fourth-order valence-corrected chi connectivity index (χ4v) is 3.11. The van der Waals surface area contributed by atoms with Crippen LogP contribution in [0, 0.1) is 0 Å². The standard InChI is InChI=1S/C16H11BrN2O2S/c17-12-6-1-2-7-13(12)18-16-19-15(21)14(22-16)9-10-4-3-5-11(20)8-10/h1-9,20H,(H,18,19,21)/b14-9+. The third-order valence-corrected chi connectivity index (χ3v) is 4.47. The van der Waals surface area contributed by atoms with Gasteiger partial charge in [0.25, 0.3) is 5.91 Å². The zero-order valence-electron chi connectivity index (χ0n) is 11.3. The number of nitrogens with zero attached hydrogens (tertiary/aromatic N) is 1. The van der Waals surface area contributed by atoms with Gasteiger partial charge in [-0.25, -0.2) is 4.99 Å². The van der Waals surface area contributed by atoms with Crippen LogP contribution in [0.3, 0.4) is 0 Å². The molecule has 3 rings (SSSR count). The van der Waals surface area contributed by atoms with E-state index in [4.69, 9.17) is 0 Å². The molecular weight excluding hydrogens is 364 g/mol. The van der Waals surface area contributed by atoms with E-state index in [1.165, 1.54) is 11.8 Å². The zero-order valence-corrected chi connectivity index (χ0v) is 13.7. The van der Waals surface area contributed by atoms with Crippen molar-refractivity contribution in [3.63, 3.8) is 0 Å². The molecule has 0 radical (unpaired) electrons. The van der Waals surface area contributed by atoms with E-state index in [0.29, 0.717) is 10.1 Å². The van der Waals surface area contributed by atoms with Crippen LogP contribution in [0.2, 0.25) is 0 Å². The molecule has 0 spiro atoms. The van der Waals surface area contributed by atoms with E-state index >= 15 is 0 Å². The number of para-hydroxylation sites is 1. The summed E-state index contributed by atoms with van der Waals surface area (Å²) in [6.45, 7) is 0. The summed E-state index contributed by atoms with van der Waals surface area (Å²) in [5.74, 6) is -0.0287. The Morgan fingerprint density at radius 3 is 2.77 bits per heavy atom. The topological polar surface area (TPSA) is 61.7 Å². The van der Waals surface area contributed by atoms with Crippen molar-refractivity contribution in [2.45, 2.75) is 0 Å². The van der Waals surface area contributed by atoms with Crippen molar-refractivity contribution < 1.29 is 9.90 Å². The molecule has 1 aliphatic rings. The summed E-state index contributed by atoms with van der Waals surface area (Å²) in [5.41, 5.74) is 1.52. The summed E-state index contributed by atoms with van der Waals surface area (Å²) in [5, 5.41) is 12.7. The largest absolute Gasteiger partial charge is 0.508 e. The normalized spacial score (nSPS) is 18.0. The number of benzene rings is 2. The number of thioether (sulfide) groups is 1. The maximum atomic E-state index is 12.0. The van der Waals surface area contributed by atoms with Crippen molar-refractivity contribution in [1.82, 2.24) is 5.32 Å². The van der Waals surface area contributed by atoms with Gasteiger partial charge in [0, 0.05) is 4.47 Å². The first-order valence-electron chi connectivity index (χ1n) is 6.45. The van der Waals surface area contributed by atoms with E-state index in [1.54, 1.807) is 24.3 Å². The maximum absolute atomic E-state index is 12.0. The quantitative estimate of drug-likeness (QED) is 0.779. The lowest BCUT2D eigenvalue weighted by Crippen LogP contribution is -2.19. The average molecular weight is 375 g/mol. The summed E-state index contributed by atoms with van der Waals surface area (Å²) >= 11 is 4.70. The van der Waals surface area contributed by atoms with Gasteiger partial charge < -0.3 is 10.4 Å². The Labute approximate surface area is 140 Å². The van der Waals surface area contributed by atoms with Gasteiger partial charge in [-0.05, 0) is 63.6 Å². The number of phenols is 1. The highest BCUT2D eigenvalue weighted by Crippen LogP contribution is 2.31. The highest BCUT2D eigenvalue weighted by molar-refractivity contribution is 9.10. The first-order chi connectivity index (χ1) is 10.6. The van der Waals surface area contributed by atoms with Crippen molar-refractivity contribution in [1.29, 1.82) is 0 Å². The monoisotopic (exact) mass is 374 g/mol. The highest BCUT2D eigenvalue weighted by atomic mass is 79.9. The number of aromatic hydroxyl groups is 1. The molecule has 110 valence electrons. The van der Waals surface area contributed by atoms with Crippen LogP contribution < -0.4 is 5.32 Å². The molecule has 1 heterocycles. The number of aliphatic imine (C=N–C) groups is 1. The summed E-state index contributed by atoms with van der Waals surface area (Å²) in [6, 6.07) is 14.3. The molecule has 1 aliphatic heterocycles. The van der Waals surface area contributed by atoms with Crippen molar-refractivity contribution in [2.24, 2.45) is 4.99 Å². The SMILES string of the molecule is O=C1NC(=Nc2ccccc2Br)S/C1=C/c1cccc(O)c1. The molecule has 0 aliphatic carbocycles. The minimum absolute atomic E-state index is 0.167. The molecule has 6 heteroatoms. The third-order valence-electron chi connectivity index (χ3n) is 2.89. The van der Waals surface area contributed by atoms with Gasteiger partial charge in [0.05, 0.1) is 10.6 Å². The Bertz CT molecular complexity index is 802. The number of nitrogens with one attached hydrogen (secondary N) is 1. The second kappa shape index (κ2) is 6.37. The van der Waals surface area contributed by atoms with E-state index in [1.807, 2.05) is 30.3 Å². The molecule has 2 aromatic rings. The molecule has 2 N–H and O–H groups in total. The predicted octanol–water partition coefficient (Wildman–Crippen LogP) is 4.05. The molecule has 2 aromatic carbocycles. The second-order valence-corrected chi connectivity index (χ2v) is 6.41. The van der Waals surface area contributed by atoms with Crippen LogP contribution >= 0.6 is 27.7 Å². The van der Waals surface area contributed by atoms with Crippen LogP contribution in [0.15, 0.2) is 62.9 Å². The van der Waals surface area contributed by atoms with Gasteiger partial charge in [-0.1, -0.05) is 24.3 Å². The van der Waals surface area contributed by atoms with Crippen molar-refractivity contribution >= 4 is 50.5 Å². The Kier molecular flexibility index (Phi) is 4.31. The zero-order chi connectivity index (χ0) is 15.5. The summed E-state index contributed by atoms with van der Waals surface area (Å²) in [6.07, 6.45) is 1.72. The number of hydrogen-bond donors (Lipinski definition) is 2. The van der Waals surface area contributed by atoms with E-state index in [9.17, 15) is 9.90 Å². The molecular formula is C16H11BrN2O2S. The Balaban J connectivity index is 1.86. The number of phenolic OH excluding ortho intramolecular Hbond substituents is 1. The van der Waals surface area contributed by atoms with Crippen molar-refractivity contribution in [3.05, 3.63) is 63.5 Å². The van der Waals surface area contributed by atoms with Crippen molar-refractivity contribution in [2.75, 3.05) is 0 Å². The van der Waals surface area contributed by atoms with Crippen LogP contribution in [-0.2, 0) is 4.79 Å². The van der Waals surface area contributed by atoms with Crippen LogP contribution in [0.25, 0.3) is 6.08 Å². The number of carbonyl (C=O) groups excluding carboxylic acids is 1. The number of amides is 1. The molecule has 0 unspecified atom stereocenters. The lowest BCUT2D eigenvalue weighted by molar-refractivity contribution is -0.115. The van der Waals surface area contributed by atoms with Crippen LogP contribution in [0.4, 0.5) is 5.69 Å². The highest BCUT2D eigenvalue weighted by Gasteiger charge is 2.23. The molecule has 1 fully saturated rings. The summed E-state index contributed by atoms with van der Waals surface area (Å²) in [4.78, 5) is 17.0. The smallest absolute Gasteiger partial charge is 0.264 e. The average Bonchev–Trinajstić information content (AvgIpc) is 2.81. The molecule has 0 aromatic heterocycles. The van der Waals surface area contributed by atoms with E-state index in [0.717, 1.165) is 15.7 Å². The molecule has 4 nitrogen and oxygen atoms in total. The van der Waals surface area contributed by atoms with E-state index in [2.05, 4.69) is 26.2 Å². The molecule has 1 saturated heterocycles. The maximum Gasteiger partial charge on any atom is 0.264 e. The number of halogens is 1. The number of hydrogen-bond acceptors (Lipinski definition) is 4. The van der Waals surface area contributed by atoms with Crippen LogP contribution in [0.1, 0.15) is 5.56 Å². The fraction of sp³-hybridized carbons (Fsp3) is 0. The van der Waals surface area contributed by atoms with Crippen molar-refractivity contribution in [3.8, 4) is 5.75 Å². The lowest BCUT2D eigenvalue weighted by Gasteiger charge is -1.98. The number of rotatable bonds is 2. The van der Waals surface area contributed by atoms with E-state index in [-0.39, 0.29) is 11.7 Å². The minimum Gasteiger partial charge on any atom is -0.508 e. The predicted molar refractivity (Wildman–Crippen MR) is 93.1 cm³/mol. The van der Waals surface area contributed by atoms with Gasteiger partial charge in [0.15, 0.2) is 5.17 Å². The fourth-order valence-electron chi connectivity index (χ4n) is 1.90. The molecule has 0 bridgehead atoms. The summed E-state index contributed by atoms with van der Waals surface area (Å²) in [7, 11) is 0. The Morgan fingerprint density at radius 2 is 2.00 bits per heavy atom. The molecule has 22 heavy (non-hydrogen) atoms. The second-order valence-electron chi connectivity index (χ2n) is 4.53.